The summed E-state index contributed by atoms with van der Waals surface area (Å²) in [6.45, 7) is 6.27. The van der Waals surface area contributed by atoms with Gasteiger partial charge in [0, 0.05) is 56.7 Å². The van der Waals surface area contributed by atoms with E-state index in [0.717, 1.165) is 50.2 Å². The third-order valence-corrected chi connectivity index (χ3v) is 6.13. The van der Waals surface area contributed by atoms with Gasteiger partial charge in [-0.05, 0) is 25.7 Å². The molecule has 132 valence electrons. The van der Waals surface area contributed by atoms with Crippen molar-refractivity contribution in [2.45, 2.75) is 44.4 Å². The first-order valence-electron chi connectivity index (χ1n) is 9.38. The quantitative estimate of drug-likeness (QED) is 0.831. The second kappa shape index (κ2) is 7.35. The van der Waals surface area contributed by atoms with Crippen molar-refractivity contribution in [1.82, 2.24) is 19.2 Å². The second-order valence-corrected chi connectivity index (χ2v) is 8.00. The van der Waals surface area contributed by atoms with Crippen molar-refractivity contribution in [2.75, 3.05) is 50.7 Å². The van der Waals surface area contributed by atoms with Gasteiger partial charge in [0.25, 0.3) is 0 Å². The summed E-state index contributed by atoms with van der Waals surface area (Å²) in [4.78, 5) is 23.9. The van der Waals surface area contributed by atoms with Gasteiger partial charge in [-0.15, -0.1) is 0 Å². The first kappa shape index (κ1) is 16.3. The van der Waals surface area contributed by atoms with Gasteiger partial charge in [0.1, 0.15) is 5.82 Å². The number of hydrogen-bond acceptors (Lipinski definition) is 6. The highest BCUT2D eigenvalue weighted by Gasteiger charge is 2.29. The molecule has 3 fully saturated rings. The molecule has 0 bridgehead atoms. The molecule has 1 aromatic heterocycles. The van der Waals surface area contributed by atoms with Crippen molar-refractivity contribution in [3.8, 4) is 0 Å². The highest BCUT2D eigenvalue weighted by Crippen LogP contribution is 2.39. The molecule has 0 radical (unpaired) electrons. The summed E-state index contributed by atoms with van der Waals surface area (Å²) in [5, 5.41) is 1.07. The van der Waals surface area contributed by atoms with Crippen LogP contribution in [0.2, 0.25) is 0 Å². The van der Waals surface area contributed by atoms with E-state index in [1.807, 2.05) is 0 Å². The van der Waals surface area contributed by atoms with Crippen molar-refractivity contribution in [3.63, 3.8) is 0 Å². The molecule has 4 rings (SSSR count). The fourth-order valence-corrected chi connectivity index (χ4v) is 4.37. The molecule has 0 atom stereocenters. The minimum Gasteiger partial charge on any atom is -0.344 e. The molecule has 1 amide bonds. The van der Waals surface area contributed by atoms with Gasteiger partial charge in [0.2, 0.25) is 11.0 Å². The molecule has 0 unspecified atom stereocenters. The van der Waals surface area contributed by atoms with E-state index < -0.39 is 0 Å². The lowest BCUT2D eigenvalue weighted by Crippen LogP contribution is -2.50. The maximum Gasteiger partial charge on any atom is 0.236 e. The summed E-state index contributed by atoms with van der Waals surface area (Å²) in [6, 6.07) is 0. The number of nitrogens with zero attached hydrogens (tertiary/aromatic N) is 5. The fourth-order valence-electron chi connectivity index (χ4n) is 3.57. The number of rotatable bonds is 4. The van der Waals surface area contributed by atoms with Crippen LogP contribution in [-0.4, -0.2) is 70.9 Å². The van der Waals surface area contributed by atoms with Crippen LogP contribution in [0.15, 0.2) is 0 Å². The normalized spacial score (nSPS) is 23.3. The van der Waals surface area contributed by atoms with Crippen LogP contribution in [0.4, 0.5) is 5.13 Å². The number of hydrogen-bond donors (Lipinski definition) is 0. The average Bonchev–Trinajstić information content (AvgIpc) is 3.39. The van der Waals surface area contributed by atoms with Gasteiger partial charge >= 0.3 is 0 Å². The van der Waals surface area contributed by atoms with Gasteiger partial charge < -0.3 is 9.80 Å². The monoisotopic (exact) mass is 349 g/mol. The fraction of sp³-hybridized carbons (Fsp3) is 0.824. The molecule has 3 aliphatic rings. The Morgan fingerprint density at radius 1 is 1.00 bits per heavy atom. The first-order chi connectivity index (χ1) is 11.8. The summed E-state index contributed by atoms with van der Waals surface area (Å²) >= 11 is 1.54. The van der Waals surface area contributed by atoms with E-state index in [-0.39, 0.29) is 0 Å². The maximum absolute atomic E-state index is 12.5. The average molecular weight is 350 g/mol. The van der Waals surface area contributed by atoms with Crippen LogP contribution in [-0.2, 0) is 4.79 Å². The standard InChI is InChI=1S/C17H27N5OS/c23-15(21-7-3-1-2-4-8-21)13-20-9-11-22(12-10-20)17-18-16(19-24-17)14-5-6-14/h14H,1-13H2. The van der Waals surface area contributed by atoms with Crippen molar-refractivity contribution in [3.05, 3.63) is 5.82 Å². The van der Waals surface area contributed by atoms with E-state index in [1.54, 1.807) is 0 Å². The predicted molar refractivity (Wildman–Crippen MR) is 95.6 cm³/mol. The van der Waals surface area contributed by atoms with Gasteiger partial charge in [0.15, 0.2) is 0 Å². The maximum atomic E-state index is 12.5. The van der Waals surface area contributed by atoms with Crippen LogP contribution < -0.4 is 4.90 Å². The Labute approximate surface area is 148 Å². The van der Waals surface area contributed by atoms with E-state index in [9.17, 15) is 4.79 Å². The van der Waals surface area contributed by atoms with Crippen LogP contribution in [0.5, 0.6) is 0 Å². The third-order valence-electron chi connectivity index (χ3n) is 5.33. The molecule has 1 aliphatic carbocycles. The van der Waals surface area contributed by atoms with Gasteiger partial charge in [-0.1, -0.05) is 12.8 Å². The molecule has 1 aromatic rings. The van der Waals surface area contributed by atoms with Gasteiger partial charge in [-0.25, -0.2) is 4.98 Å². The summed E-state index contributed by atoms with van der Waals surface area (Å²) in [5.74, 6) is 1.99. The summed E-state index contributed by atoms with van der Waals surface area (Å²) in [7, 11) is 0. The molecular formula is C17H27N5OS. The predicted octanol–water partition coefficient (Wildman–Crippen LogP) is 1.94. The van der Waals surface area contributed by atoms with Gasteiger partial charge in [-0.3, -0.25) is 9.69 Å². The molecular weight excluding hydrogens is 322 g/mol. The van der Waals surface area contributed by atoms with Crippen molar-refractivity contribution in [1.29, 1.82) is 0 Å². The molecule has 24 heavy (non-hydrogen) atoms. The molecule has 0 spiro atoms. The van der Waals surface area contributed by atoms with Crippen LogP contribution >= 0.6 is 11.5 Å². The number of carbonyl (C=O) groups excluding carboxylic acids is 1. The number of anilines is 1. The second-order valence-electron chi connectivity index (χ2n) is 7.27. The van der Waals surface area contributed by atoms with Gasteiger partial charge in [0.05, 0.1) is 6.54 Å². The van der Waals surface area contributed by atoms with Gasteiger partial charge in [-0.2, -0.15) is 4.37 Å². The zero-order chi connectivity index (χ0) is 16.4. The summed E-state index contributed by atoms with van der Waals surface area (Å²) < 4.78 is 4.51. The number of piperazine rings is 1. The van der Waals surface area contributed by atoms with Crippen molar-refractivity contribution in [2.24, 2.45) is 0 Å². The highest BCUT2D eigenvalue weighted by molar-refractivity contribution is 7.09. The van der Waals surface area contributed by atoms with Crippen LogP contribution in [0, 0.1) is 0 Å². The molecule has 1 saturated carbocycles. The Hall–Kier alpha value is -1.21. The Bertz CT molecular complexity index is 557. The first-order valence-corrected chi connectivity index (χ1v) is 10.2. The van der Waals surface area contributed by atoms with Crippen molar-refractivity contribution >= 4 is 22.6 Å². The third kappa shape index (κ3) is 3.88. The number of likely N-dealkylation sites (tertiary alicyclic amines) is 1. The summed E-state index contributed by atoms with van der Waals surface area (Å²) in [5.41, 5.74) is 0. The van der Waals surface area contributed by atoms with E-state index in [0.29, 0.717) is 18.4 Å². The van der Waals surface area contributed by atoms with Crippen molar-refractivity contribution < 1.29 is 4.79 Å². The Morgan fingerprint density at radius 2 is 1.71 bits per heavy atom. The van der Waals surface area contributed by atoms with Crippen LogP contribution in [0.1, 0.15) is 50.3 Å². The molecule has 3 heterocycles. The lowest BCUT2D eigenvalue weighted by molar-refractivity contribution is -0.132. The SMILES string of the molecule is O=C(CN1CCN(c2nc(C3CC3)ns2)CC1)N1CCCCCC1. The van der Waals surface area contributed by atoms with Crippen LogP contribution in [0.3, 0.4) is 0 Å². The molecule has 2 aliphatic heterocycles. The molecule has 2 saturated heterocycles. The molecule has 0 N–H and O–H groups in total. The van der Waals surface area contributed by atoms with E-state index in [2.05, 4.69) is 19.1 Å². The van der Waals surface area contributed by atoms with E-state index >= 15 is 0 Å². The minimum atomic E-state index is 0.317. The topological polar surface area (TPSA) is 52.6 Å². The largest absolute Gasteiger partial charge is 0.344 e. The lowest BCUT2D eigenvalue weighted by atomic mass is 10.2. The Kier molecular flexibility index (Phi) is 4.98. The number of amides is 1. The highest BCUT2D eigenvalue weighted by atomic mass is 32.1. The molecule has 7 heteroatoms. The molecule has 0 aromatic carbocycles. The lowest BCUT2D eigenvalue weighted by Gasteiger charge is -2.35. The van der Waals surface area contributed by atoms with Crippen LogP contribution in [0.25, 0.3) is 0 Å². The number of aromatic nitrogens is 2. The number of carbonyl (C=O) groups is 1. The zero-order valence-electron chi connectivity index (χ0n) is 14.3. The van der Waals surface area contributed by atoms with E-state index in [1.165, 1.54) is 50.1 Å². The molecule has 6 nitrogen and oxygen atoms in total. The Morgan fingerprint density at radius 3 is 2.38 bits per heavy atom. The smallest absolute Gasteiger partial charge is 0.236 e. The zero-order valence-corrected chi connectivity index (χ0v) is 15.1. The Balaban J connectivity index is 1.25. The van der Waals surface area contributed by atoms with E-state index in [4.69, 9.17) is 4.98 Å². The summed E-state index contributed by atoms with van der Waals surface area (Å²) in [6.07, 6.45) is 7.38. The minimum absolute atomic E-state index is 0.317.